The van der Waals surface area contributed by atoms with Crippen molar-refractivity contribution in [3.05, 3.63) is 91.5 Å². The summed E-state index contributed by atoms with van der Waals surface area (Å²) in [6, 6.07) is 0. The number of nitrogens with zero attached hydrogens (tertiary/aromatic N) is 3. The highest BCUT2D eigenvalue weighted by molar-refractivity contribution is 6.21. The normalized spacial score (nSPS) is 25.3. The molecule has 43 heavy (non-hydrogen) atoms. The van der Waals surface area contributed by atoms with E-state index in [4.69, 9.17) is 15.0 Å². The summed E-state index contributed by atoms with van der Waals surface area (Å²) in [5.74, 6) is -0.621. The van der Waals surface area contributed by atoms with Gasteiger partial charge in [0.1, 0.15) is 5.76 Å². The topological polar surface area (TPSA) is 127 Å². The van der Waals surface area contributed by atoms with Crippen molar-refractivity contribution in [3.63, 3.8) is 0 Å². The molecule has 0 saturated carbocycles. The number of fused-ring (bicyclic) bond motifs is 5. The summed E-state index contributed by atoms with van der Waals surface area (Å²) in [6.45, 7) is 12.2. The van der Waals surface area contributed by atoms with Crippen molar-refractivity contribution in [2.24, 2.45) is 26.8 Å². The predicted octanol–water partition coefficient (Wildman–Crippen LogP) is 6.68. The van der Waals surface area contributed by atoms with E-state index in [0.717, 1.165) is 86.2 Å². The van der Waals surface area contributed by atoms with Crippen LogP contribution in [-0.4, -0.2) is 44.5 Å². The van der Waals surface area contributed by atoms with Crippen LogP contribution in [0.15, 0.2) is 106 Å². The van der Waals surface area contributed by atoms with E-state index >= 15 is 0 Å². The number of allylic oxidation sites excluding steroid dienone is 11. The first-order valence-electron chi connectivity index (χ1n) is 15.4. The van der Waals surface area contributed by atoms with Gasteiger partial charge in [0, 0.05) is 52.8 Å². The SMILES string of the molecule is CCCC1=C(C)C2=NC1=CC1=C(CC)C3=C(O)CC(=C4NC(=CC5=NC(=C2)C(C(C)O)=C5C)[C@@H](C)[C@@H]4CCC(=O)O)C3=N1. The molecule has 8 nitrogen and oxygen atoms in total. The van der Waals surface area contributed by atoms with Crippen molar-refractivity contribution in [3.8, 4) is 0 Å². The van der Waals surface area contributed by atoms with Gasteiger partial charge in [-0.3, -0.25) is 4.79 Å². The van der Waals surface area contributed by atoms with Crippen molar-refractivity contribution < 1.29 is 20.1 Å². The second-order valence-corrected chi connectivity index (χ2v) is 12.2. The van der Waals surface area contributed by atoms with Crippen molar-refractivity contribution in [2.75, 3.05) is 0 Å². The third-order valence-electron chi connectivity index (χ3n) is 9.54. The molecule has 0 aromatic carbocycles. The molecular formula is C35H40N4O4. The van der Waals surface area contributed by atoms with Gasteiger partial charge in [-0.25, -0.2) is 15.0 Å². The number of aliphatic hydroxyl groups excluding tert-OH is 2. The lowest BCUT2D eigenvalue weighted by Crippen LogP contribution is -2.15. The van der Waals surface area contributed by atoms with Gasteiger partial charge in [-0.1, -0.05) is 27.2 Å². The van der Waals surface area contributed by atoms with E-state index in [1.54, 1.807) is 6.92 Å². The Labute approximate surface area is 252 Å². The number of carbonyl (C=O) groups is 1. The van der Waals surface area contributed by atoms with Crippen molar-refractivity contribution in [1.29, 1.82) is 0 Å². The zero-order chi connectivity index (χ0) is 30.7. The molecule has 6 rings (SSSR count). The molecule has 0 radical (unpaired) electrons. The number of aliphatic carboxylic acids is 1. The van der Waals surface area contributed by atoms with E-state index in [0.29, 0.717) is 30.7 Å². The molecule has 0 aromatic rings. The highest BCUT2D eigenvalue weighted by Gasteiger charge is 2.41. The van der Waals surface area contributed by atoms with Crippen LogP contribution in [0.3, 0.4) is 0 Å². The van der Waals surface area contributed by atoms with Gasteiger partial charge in [0.2, 0.25) is 0 Å². The molecule has 4 N–H and O–H groups in total. The Morgan fingerprint density at radius 2 is 1.77 bits per heavy atom. The van der Waals surface area contributed by atoms with Crippen LogP contribution in [0.5, 0.6) is 0 Å². The van der Waals surface area contributed by atoms with Crippen LogP contribution in [0, 0.1) is 11.8 Å². The third kappa shape index (κ3) is 4.72. The number of rotatable bonds is 7. The zero-order valence-electron chi connectivity index (χ0n) is 25.8. The maximum absolute atomic E-state index is 11.7. The standard InChI is InChI=1S/C35H40N4O4/c1-7-9-21-16(3)24-14-29-32(19(6)40)18(5)26(37-29)13-25-17(4)22(10-11-31(42)43)34(38-25)23-12-30(41)33-20(8-2)27(39-35(23)33)15-28(21)36-24/h13-15,17,19,22,38,40-41H,7-12H2,1-6H3,(H,42,43)/t17-,19?,22-/m0/s1. The minimum Gasteiger partial charge on any atom is -0.511 e. The Bertz CT molecular complexity index is 1700. The van der Waals surface area contributed by atoms with Crippen LogP contribution >= 0.6 is 0 Å². The Balaban J connectivity index is 1.63. The number of hydrogen-bond donors (Lipinski definition) is 4. The summed E-state index contributed by atoms with van der Waals surface area (Å²) in [4.78, 5) is 26.9. The molecule has 8 bridgehead atoms. The Hall–Kier alpha value is -4.04. The molecule has 0 aromatic heterocycles. The fourth-order valence-electron chi connectivity index (χ4n) is 7.29. The van der Waals surface area contributed by atoms with E-state index in [1.165, 1.54) is 5.57 Å². The summed E-state index contributed by atoms with van der Waals surface area (Å²) < 4.78 is 0. The second kappa shape index (κ2) is 10.9. The highest BCUT2D eigenvalue weighted by atomic mass is 16.4. The summed E-state index contributed by atoms with van der Waals surface area (Å²) in [6.07, 6.45) is 8.75. The van der Waals surface area contributed by atoms with Crippen molar-refractivity contribution in [2.45, 2.75) is 86.2 Å². The van der Waals surface area contributed by atoms with Gasteiger partial charge in [0.05, 0.1) is 40.3 Å². The largest absolute Gasteiger partial charge is 0.511 e. The zero-order valence-corrected chi connectivity index (χ0v) is 25.8. The van der Waals surface area contributed by atoms with Crippen LogP contribution in [0.2, 0.25) is 0 Å². The number of hydrogen-bond acceptors (Lipinski definition) is 7. The molecule has 224 valence electrons. The van der Waals surface area contributed by atoms with Gasteiger partial charge >= 0.3 is 5.97 Å². The van der Waals surface area contributed by atoms with Gasteiger partial charge in [-0.15, -0.1) is 0 Å². The van der Waals surface area contributed by atoms with E-state index in [2.05, 4.69) is 39.1 Å². The highest BCUT2D eigenvalue weighted by Crippen LogP contribution is 2.47. The number of nitrogens with one attached hydrogen (secondary N) is 1. The average Bonchev–Trinajstić information content (AvgIpc) is 3.70. The van der Waals surface area contributed by atoms with Crippen LogP contribution in [0.25, 0.3) is 0 Å². The smallest absolute Gasteiger partial charge is 0.303 e. The molecule has 1 saturated heterocycles. The number of aliphatic imine (C=N–C) groups is 3. The molecule has 1 unspecified atom stereocenters. The Kier molecular flexibility index (Phi) is 7.37. The molecule has 6 aliphatic rings. The van der Waals surface area contributed by atoms with Gasteiger partial charge in [-0.05, 0) is 80.6 Å². The first-order chi connectivity index (χ1) is 20.5. The quantitative estimate of drug-likeness (QED) is 0.267. The minimum atomic E-state index is -0.833. The lowest BCUT2D eigenvalue weighted by Gasteiger charge is -2.17. The fraction of sp³-hybridized carbons (Fsp3) is 0.429. The summed E-state index contributed by atoms with van der Waals surface area (Å²) in [7, 11) is 0. The minimum absolute atomic E-state index is 0.00776. The molecule has 3 atom stereocenters. The van der Waals surface area contributed by atoms with Crippen LogP contribution in [0.4, 0.5) is 0 Å². The predicted molar refractivity (Wildman–Crippen MR) is 170 cm³/mol. The number of aliphatic hydroxyl groups is 2. The maximum atomic E-state index is 11.7. The molecular weight excluding hydrogens is 540 g/mol. The van der Waals surface area contributed by atoms with Crippen LogP contribution < -0.4 is 5.32 Å². The molecule has 5 aliphatic heterocycles. The van der Waals surface area contributed by atoms with Gasteiger partial charge in [0.25, 0.3) is 0 Å². The average molecular weight is 581 g/mol. The summed E-state index contributed by atoms with van der Waals surface area (Å²) in [5.41, 5.74) is 13.3. The Morgan fingerprint density at radius 3 is 2.44 bits per heavy atom. The Morgan fingerprint density at radius 1 is 1.05 bits per heavy atom. The van der Waals surface area contributed by atoms with E-state index in [9.17, 15) is 20.1 Å². The lowest BCUT2D eigenvalue weighted by molar-refractivity contribution is -0.137. The summed E-state index contributed by atoms with van der Waals surface area (Å²) in [5, 5.41) is 35.3. The molecule has 1 fully saturated rings. The first kappa shape index (κ1) is 29.1. The molecule has 5 heterocycles. The number of carboxylic acid groups (broad SMARTS) is 1. The van der Waals surface area contributed by atoms with Crippen LogP contribution in [-0.2, 0) is 4.79 Å². The van der Waals surface area contributed by atoms with Crippen molar-refractivity contribution >= 4 is 23.1 Å². The summed E-state index contributed by atoms with van der Waals surface area (Å²) >= 11 is 0. The first-order valence-corrected chi connectivity index (χ1v) is 15.4. The maximum Gasteiger partial charge on any atom is 0.303 e. The van der Waals surface area contributed by atoms with E-state index in [1.807, 2.05) is 19.1 Å². The van der Waals surface area contributed by atoms with Crippen molar-refractivity contribution in [1.82, 2.24) is 5.32 Å². The second-order valence-electron chi connectivity index (χ2n) is 12.2. The van der Waals surface area contributed by atoms with E-state index in [-0.39, 0.29) is 18.3 Å². The van der Waals surface area contributed by atoms with Gasteiger partial charge in [0.15, 0.2) is 0 Å². The van der Waals surface area contributed by atoms with Gasteiger partial charge < -0.3 is 20.6 Å². The van der Waals surface area contributed by atoms with Crippen LogP contribution in [0.1, 0.15) is 80.1 Å². The third-order valence-corrected chi connectivity index (χ3v) is 9.54. The molecule has 1 aliphatic carbocycles. The molecule has 0 amide bonds. The molecule has 0 spiro atoms. The fourth-order valence-corrected chi connectivity index (χ4v) is 7.29. The van der Waals surface area contributed by atoms with Gasteiger partial charge in [-0.2, -0.15) is 0 Å². The molecule has 8 heteroatoms. The lowest BCUT2D eigenvalue weighted by atomic mass is 9.86. The monoisotopic (exact) mass is 580 g/mol. The van der Waals surface area contributed by atoms with E-state index < -0.39 is 12.1 Å². The number of carboxylic acids is 1.